The highest BCUT2D eigenvalue weighted by atomic mass is 32.2. The second-order valence-corrected chi connectivity index (χ2v) is 7.68. The number of carbonyl (C=O) groups is 2. The molecule has 1 fully saturated rings. The molecule has 0 spiro atoms. The van der Waals surface area contributed by atoms with Gasteiger partial charge in [-0.05, 0) is 42.7 Å². The van der Waals surface area contributed by atoms with E-state index in [9.17, 15) is 9.59 Å². The topological polar surface area (TPSA) is 78.4 Å². The van der Waals surface area contributed by atoms with Crippen LogP contribution >= 0.6 is 11.8 Å². The molecule has 0 aromatic heterocycles. The number of carboxylic acids is 1. The van der Waals surface area contributed by atoms with Crippen molar-refractivity contribution in [2.45, 2.75) is 29.0 Å². The van der Waals surface area contributed by atoms with Gasteiger partial charge in [0, 0.05) is 22.7 Å². The van der Waals surface area contributed by atoms with E-state index in [4.69, 9.17) is 5.11 Å². The molecule has 0 atom stereocenters. The SMILES string of the molecule is O=C(NCc1ccc(C(=O)O)cc1)NCC1(Sc2ccccc2)CC1. The highest BCUT2D eigenvalue weighted by molar-refractivity contribution is 8.01. The molecule has 1 aliphatic carbocycles. The number of urea groups is 1. The van der Waals surface area contributed by atoms with Crippen molar-refractivity contribution in [3.8, 4) is 0 Å². The highest BCUT2D eigenvalue weighted by Crippen LogP contribution is 2.51. The van der Waals surface area contributed by atoms with E-state index in [0.717, 1.165) is 18.4 Å². The van der Waals surface area contributed by atoms with Gasteiger partial charge in [0.1, 0.15) is 0 Å². The first-order valence-corrected chi connectivity index (χ1v) is 8.96. The van der Waals surface area contributed by atoms with E-state index in [1.54, 1.807) is 12.1 Å². The number of thioether (sulfide) groups is 1. The van der Waals surface area contributed by atoms with E-state index in [1.165, 1.54) is 17.0 Å². The van der Waals surface area contributed by atoms with E-state index in [2.05, 4.69) is 22.8 Å². The van der Waals surface area contributed by atoms with Gasteiger partial charge in [0.25, 0.3) is 0 Å². The van der Waals surface area contributed by atoms with Crippen molar-refractivity contribution in [3.05, 3.63) is 65.7 Å². The first-order chi connectivity index (χ1) is 12.1. The molecular weight excluding hydrogens is 336 g/mol. The summed E-state index contributed by atoms with van der Waals surface area (Å²) in [7, 11) is 0. The molecule has 0 radical (unpaired) electrons. The van der Waals surface area contributed by atoms with Gasteiger partial charge < -0.3 is 15.7 Å². The quantitative estimate of drug-likeness (QED) is 0.709. The van der Waals surface area contributed by atoms with Crippen LogP contribution in [0, 0.1) is 0 Å². The number of rotatable bonds is 7. The van der Waals surface area contributed by atoms with Crippen molar-refractivity contribution < 1.29 is 14.7 Å². The van der Waals surface area contributed by atoms with Crippen LogP contribution in [0.15, 0.2) is 59.5 Å². The predicted octanol–water partition coefficient (Wildman–Crippen LogP) is 3.51. The number of carbonyl (C=O) groups excluding carboxylic acids is 1. The van der Waals surface area contributed by atoms with Crippen molar-refractivity contribution in [2.24, 2.45) is 0 Å². The van der Waals surface area contributed by atoms with Gasteiger partial charge in [-0.3, -0.25) is 0 Å². The van der Waals surface area contributed by atoms with Gasteiger partial charge in [-0.25, -0.2) is 9.59 Å². The number of hydrogen-bond donors (Lipinski definition) is 3. The van der Waals surface area contributed by atoms with Gasteiger partial charge in [0.2, 0.25) is 0 Å². The van der Waals surface area contributed by atoms with E-state index in [-0.39, 0.29) is 16.3 Å². The minimum absolute atomic E-state index is 0.113. The Bertz CT molecular complexity index is 743. The number of hydrogen-bond acceptors (Lipinski definition) is 3. The molecule has 6 heteroatoms. The molecule has 0 saturated heterocycles. The molecule has 3 rings (SSSR count). The van der Waals surface area contributed by atoms with Gasteiger partial charge in [0.05, 0.1) is 5.56 Å². The highest BCUT2D eigenvalue weighted by Gasteiger charge is 2.43. The zero-order chi connectivity index (χ0) is 17.7. The molecule has 0 unspecified atom stereocenters. The lowest BCUT2D eigenvalue weighted by Crippen LogP contribution is -2.39. The lowest BCUT2D eigenvalue weighted by atomic mass is 10.1. The lowest BCUT2D eigenvalue weighted by Gasteiger charge is -2.16. The fraction of sp³-hybridized carbons (Fsp3) is 0.263. The summed E-state index contributed by atoms with van der Waals surface area (Å²) in [5.74, 6) is -0.956. The van der Waals surface area contributed by atoms with Gasteiger partial charge >= 0.3 is 12.0 Å². The van der Waals surface area contributed by atoms with Crippen LogP contribution in [0.2, 0.25) is 0 Å². The Hall–Kier alpha value is -2.47. The first-order valence-electron chi connectivity index (χ1n) is 8.14. The fourth-order valence-electron chi connectivity index (χ4n) is 2.44. The third-order valence-corrected chi connectivity index (χ3v) is 5.60. The van der Waals surface area contributed by atoms with Crippen LogP contribution in [0.5, 0.6) is 0 Å². The molecule has 1 aliphatic rings. The summed E-state index contributed by atoms with van der Waals surface area (Å²) >= 11 is 1.82. The largest absolute Gasteiger partial charge is 0.478 e. The molecule has 0 heterocycles. The molecule has 2 aromatic carbocycles. The minimum atomic E-state index is -0.956. The van der Waals surface area contributed by atoms with Gasteiger partial charge in [-0.2, -0.15) is 0 Å². The molecule has 2 amide bonds. The summed E-state index contributed by atoms with van der Waals surface area (Å²) in [5, 5.41) is 14.6. The van der Waals surface area contributed by atoms with Gasteiger partial charge in [-0.1, -0.05) is 30.3 Å². The summed E-state index contributed by atoms with van der Waals surface area (Å²) in [6.45, 7) is 1.00. The van der Waals surface area contributed by atoms with Crippen LogP contribution in [-0.4, -0.2) is 28.4 Å². The molecule has 0 aliphatic heterocycles. The maximum Gasteiger partial charge on any atom is 0.335 e. The molecule has 25 heavy (non-hydrogen) atoms. The van der Waals surface area contributed by atoms with E-state index in [1.807, 2.05) is 30.0 Å². The molecule has 130 valence electrons. The number of amides is 2. The summed E-state index contributed by atoms with van der Waals surface area (Å²) < 4.78 is 0.113. The van der Waals surface area contributed by atoms with Crippen molar-refractivity contribution in [3.63, 3.8) is 0 Å². The van der Waals surface area contributed by atoms with E-state index in [0.29, 0.717) is 13.1 Å². The van der Waals surface area contributed by atoms with Crippen molar-refractivity contribution in [1.82, 2.24) is 10.6 Å². The fourth-order valence-corrected chi connectivity index (χ4v) is 3.69. The maximum atomic E-state index is 12.0. The number of aromatic carboxylic acids is 1. The second kappa shape index (κ2) is 7.61. The van der Waals surface area contributed by atoms with Crippen LogP contribution in [0.3, 0.4) is 0 Å². The van der Waals surface area contributed by atoms with Crippen molar-refractivity contribution >= 4 is 23.8 Å². The lowest BCUT2D eigenvalue weighted by molar-refractivity contribution is 0.0697. The standard InChI is InChI=1S/C19H20N2O3S/c22-17(23)15-8-6-14(7-9-15)12-20-18(24)21-13-19(10-11-19)25-16-4-2-1-3-5-16/h1-9H,10-13H2,(H,22,23)(H2,20,21,24). The Labute approximate surface area is 150 Å². The zero-order valence-corrected chi connectivity index (χ0v) is 14.5. The Morgan fingerprint density at radius 1 is 1.00 bits per heavy atom. The predicted molar refractivity (Wildman–Crippen MR) is 97.9 cm³/mol. The first kappa shape index (κ1) is 17.4. The summed E-state index contributed by atoms with van der Waals surface area (Å²) in [5.41, 5.74) is 1.10. The summed E-state index contributed by atoms with van der Waals surface area (Å²) in [6, 6.07) is 16.5. The summed E-state index contributed by atoms with van der Waals surface area (Å²) in [6.07, 6.45) is 2.20. The van der Waals surface area contributed by atoms with Crippen LogP contribution in [0.25, 0.3) is 0 Å². The smallest absolute Gasteiger partial charge is 0.335 e. The van der Waals surface area contributed by atoms with Crippen LogP contribution in [0.1, 0.15) is 28.8 Å². The average molecular weight is 356 g/mol. The van der Waals surface area contributed by atoms with Gasteiger partial charge in [-0.15, -0.1) is 11.8 Å². The van der Waals surface area contributed by atoms with Crippen molar-refractivity contribution in [1.29, 1.82) is 0 Å². The van der Waals surface area contributed by atoms with Gasteiger partial charge in [0.15, 0.2) is 0 Å². The maximum absolute atomic E-state index is 12.0. The van der Waals surface area contributed by atoms with Crippen LogP contribution in [-0.2, 0) is 6.54 Å². The molecular formula is C19H20N2O3S. The number of carboxylic acid groups (broad SMARTS) is 1. The Morgan fingerprint density at radius 2 is 1.68 bits per heavy atom. The van der Waals surface area contributed by atoms with Crippen LogP contribution < -0.4 is 10.6 Å². The van der Waals surface area contributed by atoms with Crippen molar-refractivity contribution in [2.75, 3.05) is 6.54 Å². The Morgan fingerprint density at radius 3 is 2.28 bits per heavy atom. The third-order valence-electron chi connectivity index (χ3n) is 4.11. The molecule has 5 nitrogen and oxygen atoms in total. The zero-order valence-electron chi connectivity index (χ0n) is 13.7. The van der Waals surface area contributed by atoms with E-state index < -0.39 is 5.97 Å². The molecule has 0 bridgehead atoms. The summed E-state index contributed by atoms with van der Waals surface area (Å²) in [4.78, 5) is 24.0. The second-order valence-electron chi connectivity index (χ2n) is 6.14. The Balaban J connectivity index is 1.43. The average Bonchev–Trinajstić information content (AvgIpc) is 3.39. The Kier molecular flexibility index (Phi) is 5.28. The minimum Gasteiger partial charge on any atom is -0.478 e. The molecule has 3 N–H and O–H groups in total. The number of nitrogens with one attached hydrogen (secondary N) is 2. The normalized spacial score (nSPS) is 14.6. The molecule has 1 saturated carbocycles. The number of benzene rings is 2. The molecule has 2 aromatic rings. The van der Waals surface area contributed by atoms with Crippen LogP contribution in [0.4, 0.5) is 4.79 Å². The van der Waals surface area contributed by atoms with E-state index >= 15 is 0 Å². The monoisotopic (exact) mass is 356 g/mol. The third kappa shape index (κ3) is 5.00.